The van der Waals surface area contributed by atoms with Gasteiger partial charge in [-0.25, -0.2) is 9.59 Å². The van der Waals surface area contributed by atoms with E-state index in [0.717, 1.165) is 19.4 Å². The largest absolute Gasteiger partial charge is 0.478 e. The zero-order valence-corrected chi connectivity index (χ0v) is 11.6. The van der Waals surface area contributed by atoms with Crippen molar-refractivity contribution >= 4 is 29.3 Å². The van der Waals surface area contributed by atoms with Gasteiger partial charge in [-0.15, -0.1) is 0 Å². The number of hydrogen-bond acceptors (Lipinski definition) is 2. The topological polar surface area (TPSA) is 69.6 Å². The van der Waals surface area contributed by atoms with Crippen LogP contribution in [0.2, 0.25) is 5.02 Å². The van der Waals surface area contributed by atoms with Crippen LogP contribution in [0.5, 0.6) is 0 Å². The molecule has 2 amide bonds. The number of nitrogens with zero attached hydrogens (tertiary/aromatic N) is 1. The molecule has 1 aliphatic carbocycles. The average molecular weight is 295 g/mol. The Balaban J connectivity index is 1.73. The molecule has 5 nitrogen and oxygen atoms in total. The van der Waals surface area contributed by atoms with Crippen LogP contribution in [0.25, 0.3) is 0 Å². The highest BCUT2D eigenvalue weighted by Gasteiger charge is 2.40. The van der Waals surface area contributed by atoms with Crippen LogP contribution in [0, 0.1) is 5.92 Å². The number of amides is 2. The monoisotopic (exact) mass is 294 g/mol. The molecule has 1 aliphatic heterocycles. The van der Waals surface area contributed by atoms with Gasteiger partial charge in [0, 0.05) is 18.3 Å². The SMILES string of the molecule is O=C(O)c1cc(NC(=O)N2CC3CCC2C3)ccc1Cl. The van der Waals surface area contributed by atoms with Gasteiger partial charge in [0.25, 0.3) is 0 Å². The maximum Gasteiger partial charge on any atom is 0.337 e. The summed E-state index contributed by atoms with van der Waals surface area (Å²) < 4.78 is 0. The van der Waals surface area contributed by atoms with E-state index in [4.69, 9.17) is 16.7 Å². The molecule has 1 saturated heterocycles. The number of piperidine rings is 1. The Bertz CT molecular complexity index is 576. The second kappa shape index (κ2) is 4.98. The minimum Gasteiger partial charge on any atom is -0.478 e. The molecule has 2 bridgehead atoms. The third-order valence-corrected chi connectivity index (χ3v) is 4.45. The molecular formula is C14H15ClN2O3. The highest BCUT2D eigenvalue weighted by Crippen LogP contribution is 2.37. The van der Waals surface area contributed by atoms with Gasteiger partial charge in [-0.1, -0.05) is 11.6 Å². The van der Waals surface area contributed by atoms with Gasteiger partial charge in [-0.3, -0.25) is 0 Å². The van der Waals surface area contributed by atoms with Crippen molar-refractivity contribution < 1.29 is 14.7 Å². The van der Waals surface area contributed by atoms with Gasteiger partial charge in [0.1, 0.15) is 0 Å². The van der Waals surface area contributed by atoms with Crippen LogP contribution in [-0.4, -0.2) is 34.6 Å². The Hall–Kier alpha value is -1.75. The van der Waals surface area contributed by atoms with Gasteiger partial charge < -0.3 is 15.3 Å². The van der Waals surface area contributed by atoms with Crippen LogP contribution in [-0.2, 0) is 0 Å². The lowest BCUT2D eigenvalue weighted by molar-refractivity contribution is 0.0697. The number of hydrogen-bond donors (Lipinski definition) is 2. The van der Waals surface area contributed by atoms with Gasteiger partial charge in [0.05, 0.1) is 10.6 Å². The molecule has 2 fully saturated rings. The van der Waals surface area contributed by atoms with E-state index < -0.39 is 5.97 Å². The van der Waals surface area contributed by atoms with Crippen LogP contribution in [0.3, 0.4) is 0 Å². The van der Waals surface area contributed by atoms with Crippen molar-refractivity contribution in [3.63, 3.8) is 0 Å². The van der Waals surface area contributed by atoms with Crippen molar-refractivity contribution in [2.24, 2.45) is 5.92 Å². The van der Waals surface area contributed by atoms with Gasteiger partial charge >= 0.3 is 12.0 Å². The number of rotatable bonds is 2. The van der Waals surface area contributed by atoms with Crippen molar-refractivity contribution in [3.8, 4) is 0 Å². The molecule has 1 saturated carbocycles. The predicted octanol–water partition coefficient (Wildman–Crippen LogP) is 3.05. The Kier molecular flexibility index (Phi) is 3.30. The number of aromatic carboxylic acids is 1. The van der Waals surface area contributed by atoms with Crippen LogP contribution < -0.4 is 5.32 Å². The highest BCUT2D eigenvalue weighted by molar-refractivity contribution is 6.33. The zero-order chi connectivity index (χ0) is 14.3. The number of carboxylic acid groups (broad SMARTS) is 1. The molecule has 0 spiro atoms. The molecule has 1 heterocycles. The minimum atomic E-state index is -1.11. The number of anilines is 1. The number of likely N-dealkylation sites (tertiary alicyclic amines) is 1. The first-order valence-electron chi connectivity index (χ1n) is 6.65. The van der Waals surface area contributed by atoms with E-state index >= 15 is 0 Å². The second-order valence-electron chi connectivity index (χ2n) is 5.42. The summed E-state index contributed by atoms with van der Waals surface area (Å²) >= 11 is 5.80. The van der Waals surface area contributed by atoms with Crippen molar-refractivity contribution in [2.75, 3.05) is 11.9 Å². The lowest BCUT2D eigenvalue weighted by Gasteiger charge is -2.27. The molecule has 1 aromatic rings. The third kappa shape index (κ3) is 2.33. The highest BCUT2D eigenvalue weighted by atomic mass is 35.5. The first kappa shape index (κ1) is 13.2. The molecule has 0 radical (unpaired) electrons. The number of nitrogens with one attached hydrogen (secondary N) is 1. The summed E-state index contributed by atoms with van der Waals surface area (Å²) in [6.07, 6.45) is 3.37. The van der Waals surface area contributed by atoms with E-state index in [1.54, 1.807) is 6.07 Å². The Labute approximate surface area is 121 Å². The third-order valence-electron chi connectivity index (χ3n) is 4.12. The molecule has 2 unspecified atom stereocenters. The number of urea groups is 1. The normalized spacial score (nSPS) is 23.9. The first-order chi connectivity index (χ1) is 9.54. The lowest BCUT2D eigenvalue weighted by atomic mass is 10.1. The summed E-state index contributed by atoms with van der Waals surface area (Å²) in [7, 11) is 0. The van der Waals surface area contributed by atoms with Crippen molar-refractivity contribution in [2.45, 2.75) is 25.3 Å². The van der Waals surface area contributed by atoms with E-state index in [9.17, 15) is 9.59 Å². The molecule has 0 aromatic heterocycles. The van der Waals surface area contributed by atoms with Crippen molar-refractivity contribution in [1.29, 1.82) is 0 Å². The second-order valence-corrected chi connectivity index (χ2v) is 5.82. The van der Waals surface area contributed by atoms with Crippen LogP contribution in [0.4, 0.5) is 10.5 Å². The fourth-order valence-corrected chi connectivity index (χ4v) is 3.33. The van der Waals surface area contributed by atoms with Crippen molar-refractivity contribution in [3.05, 3.63) is 28.8 Å². The summed E-state index contributed by atoms with van der Waals surface area (Å²) in [5, 5.41) is 11.9. The van der Waals surface area contributed by atoms with E-state index in [0.29, 0.717) is 17.6 Å². The van der Waals surface area contributed by atoms with Gasteiger partial charge in [0.2, 0.25) is 0 Å². The molecule has 106 valence electrons. The maximum absolute atomic E-state index is 12.2. The Morgan fingerprint density at radius 1 is 1.35 bits per heavy atom. The molecule has 1 aromatic carbocycles. The average Bonchev–Trinajstić information content (AvgIpc) is 3.03. The van der Waals surface area contributed by atoms with Crippen LogP contribution in [0.1, 0.15) is 29.6 Å². The maximum atomic E-state index is 12.2. The summed E-state index contributed by atoms with van der Waals surface area (Å²) in [6.45, 7) is 0.801. The van der Waals surface area contributed by atoms with Gasteiger partial charge in [-0.05, 0) is 43.4 Å². The fourth-order valence-electron chi connectivity index (χ4n) is 3.14. The summed E-state index contributed by atoms with van der Waals surface area (Å²) in [5.74, 6) is -0.475. The van der Waals surface area contributed by atoms with E-state index in [2.05, 4.69) is 5.32 Å². The molecule has 3 rings (SSSR count). The number of carbonyl (C=O) groups excluding carboxylic acids is 1. The number of fused-ring (bicyclic) bond motifs is 2. The smallest absolute Gasteiger partial charge is 0.337 e. The van der Waals surface area contributed by atoms with E-state index in [1.165, 1.54) is 18.6 Å². The summed E-state index contributed by atoms with van der Waals surface area (Å²) in [6, 6.07) is 4.66. The van der Waals surface area contributed by atoms with Gasteiger partial charge in [0.15, 0.2) is 0 Å². The van der Waals surface area contributed by atoms with Gasteiger partial charge in [-0.2, -0.15) is 0 Å². The Morgan fingerprint density at radius 3 is 2.75 bits per heavy atom. The quantitative estimate of drug-likeness (QED) is 0.881. The van der Waals surface area contributed by atoms with E-state index in [-0.39, 0.29) is 16.6 Å². The molecule has 20 heavy (non-hydrogen) atoms. The molecule has 6 heteroatoms. The van der Waals surface area contributed by atoms with E-state index in [1.807, 2.05) is 4.90 Å². The molecule has 2 N–H and O–H groups in total. The minimum absolute atomic E-state index is 0.00703. The number of halogens is 1. The number of carboxylic acids is 1. The zero-order valence-electron chi connectivity index (χ0n) is 10.8. The fraction of sp³-hybridized carbons (Fsp3) is 0.429. The standard InChI is InChI=1S/C14H15ClN2O3/c15-12-4-2-9(6-11(12)13(18)19)16-14(20)17-7-8-1-3-10(17)5-8/h2,4,6,8,10H,1,3,5,7H2,(H,16,20)(H,18,19). The number of carbonyl (C=O) groups is 2. The first-order valence-corrected chi connectivity index (χ1v) is 7.03. The Morgan fingerprint density at radius 2 is 2.15 bits per heavy atom. The lowest BCUT2D eigenvalue weighted by Crippen LogP contribution is -2.40. The van der Waals surface area contributed by atoms with Crippen molar-refractivity contribution in [1.82, 2.24) is 4.90 Å². The molecule has 2 atom stereocenters. The predicted molar refractivity (Wildman–Crippen MR) is 75.3 cm³/mol. The summed E-state index contributed by atoms with van der Waals surface area (Å²) in [5.41, 5.74) is 0.451. The summed E-state index contributed by atoms with van der Waals surface area (Å²) in [4.78, 5) is 25.1. The molecular weight excluding hydrogens is 280 g/mol. The van der Waals surface area contributed by atoms with Crippen LogP contribution >= 0.6 is 11.6 Å². The van der Waals surface area contributed by atoms with Crippen LogP contribution in [0.15, 0.2) is 18.2 Å². The number of benzene rings is 1. The molecule has 2 aliphatic rings.